The van der Waals surface area contributed by atoms with Crippen LogP contribution in [0.5, 0.6) is 0 Å². The third-order valence-corrected chi connectivity index (χ3v) is 7.27. The number of halogens is 3. The second-order valence-corrected chi connectivity index (χ2v) is 9.68. The van der Waals surface area contributed by atoms with Gasteiger partial charge in [-0.1, -0.05) is 35.5 Å². The van der Waals surface area contributed by atoms with Crippen molar-refractivity contribution in [1.29, 1.82) is 0 Å². The van der Waals surface area contributed by atoms with Gasteiger partial charge in [-0.3, -0.25) is 0 Å². The van der Waals surface area contributed by atoms with Crippen molar-refractivity contribution in [2.45, 2.75) is 40.4 Å². The standard InChI is InChI=1S/C24H20ClF2NO5S/c25-17-8-14(27)7-16-19(34-15-4-2-11-5-13(26)3-1-12(11)6-15)9-28(20(16)17)24-23(32)22(31)21(30)18(10-29)33-24/h1-9,18,21-24,29-32H,10H2/t18-,21-,22+,23-,24-/m1/s1. The summed E-state index contributed by atoms with van der Waals surface area (Å²) in [6, 6.07) is 12.4. The van der Waals surface area contributed by atoms with E-state index >= 15 is 0 Å². The van der Waals surface area contributed by atoms with Gasteiger partial charge in [-0.05, 0) is 47.2 Å². The molecular formula is C24H20ClF2NO5S. The molecule has 3 aromatic carbocycles. The minimum atomic E-state index is -1.58. The largest absolute Gasteiger partial charge is 0.394 e. The van der Waals surface area contributed by atoms with Crippen LogP contribution in [0, 0.1) is 11.6 Å². The van der Waals surface area contributed by atoms with E-state index < -0.39 is 43.1 Å². The highest BCUT2D eigenvalue weighted by atomic mass is 35.5. The molecular weight excluding hydrogens is 488 g/mol. The van der Waals surface area contributed by atoms with Crippen LogP contribution in [0.1, 0.15) is 6.23 Å². The quantitative estimate of drug-likeness (QED) is 0.335. The van der Waals surface area contributed by atoms with Crippen molar-refractivity contribution in [3.05, 3.63) is 71.4 Å². The number of aliphatic hydroxyl groups is 4. The van der Waals surface area contributed by atoms with Gasteiger partial charge >= 0.3 is 0 Å². The number of ether oxygens (including phenoxy) is 1. The second kappa shape index (κ2) is 9.09. The summed E-state index contributed by atoms with van der Waals surface area (Å²) in [7, 11) is 0. The first-order valence-electron chi connectivity index (χ1n) is 10.4. The molecule has 1 aliphatic rings. The van der Waals surface area contributed by atoms with E-state index in [0.717, 1.165) is 21.7 Å². The Bertz CT molecular complexity index is 1380. The van der Waals surface area contributed by atoms with E-state index in [9.17, 15) is 29.2 Å². The summed E-state index contributed by atoms with van der Waals surface area (Å²) in [5.41, 5.74) is 0.359. The molecule has 0 unspecified atom stereocenters. The Morgan fingerprint density at radius 2 is 1.65 bits per heavy atom. The first-order valence-corrected chi connectivity index (χ1v) is 11.6. The average Bonchev–Trinajstić information content (AvgIpc) is 3.16. The fourth-order valence-electron chi connectivity index (χ4n) is 4.26. The minimum absolute atomic E-state index is 0.0628. The van der Waals surface area contributed by atoms with Gasteiger partial charge in [-0.15, -0.1) is 0 Å². The Kier molecular flexibility index (Phi) is 6.28. The van der Waals surface area contributed by atoms with Gasteiger partial charge in [0.1, 0.15) is 36.1 Å². The predicted molar refractivity (Wildman–Crippen MR) is 124 cm³/mol. The van der Waals surface area contributed by atoms with Crippen molar-refractivity contribution in [2.75, 3.05) is 6.61 Å². The molecule has 1 saturated heterocycles. The molecule has 34 heavy (non-hydrogen) atoms. The van der Waals surface area contributed by atoms with Crippen LogP contribution >= 0.6 is 23.4 Å². The minimum Gasteiger partial charge on any atom is -0.394 e. The number of aliphatic hydroxyl groups excluding tert-OH is 4. The van der Waals surface area contributed by atoms with Crippen molar-refractivity contribution in [1.82, 2.24) is 4.57 Å². The normalized spacial score (nSPS) is 25.3. The van der Waals surface area contributed by atoms with Crippen LogP contribution in [0.3, 0.4) is 0 Å². The highest BCUT2D eigenvalue weighted by Gasteiger charge is 2.44. The van der Waals surface area contributed by atoms with E-state index in [1.807, 2.05) is 12.1 Å². The number of hydrogen-bond donors (Lipinski definition) is 4. The van der Waals surface area contributed by atoms with Crippen LogP contribution in [0.15, 0.2) is 64.5 Å². The molecule has 5 atom stereocenters. The first kappa shape index (κ1) is 23.5. The molecule has 0 spiro atoms. The maximum atomic E-state index is 14.3. The maximum absolute atomic E-state index is 14.3. The SMILES string of the molecule is OC[C@H]1O[C@@H](n2cc(Sc3ccc4cc(F)ccc4c3)c3cc(F)cc(Cl)c32)[C@H](O)[C@@H](O)[C@@H]1O. The number of hydrogen-bond acceptors (Lipinski definition) is 6. The molecule has 2 heterocycles. The third kappa shape index (κ3) is 4.07. The smallest absolute Gasteiger partial charge is 0.163 e. The molecule has 0 bridgehead atoms. The number of fused-ring (bicyclic) bond motifs is 2. The fraction of sp³-hybridized carbons (Fsp3) is 0.250. The second-order valence-electron chi connectivity index (χ2n) is 8.16. The topological polar surface area (TPSA) is 95.1 Å². The van der Waals surface area contributed by atoms with Crippen molar-refractivity contribution in [3.63, 3.8) is 0 Å². The molecule has 178 valence electrons. The molecule has 1 aromatic heterocycles. The first-order chi connectivity index (χ1) is 16.3. The van der Waals surface area contributed by atoms with Gasteiger partial charge in [0.2, 0.25) is 0 Å². The number of aromatic nitrogens is 1. The lowest BCUT2D eigenvalue weighted by Crippen LogP contribution is -2.56. The van der Waals surface area contributed by atoms with Crippen molar-refractivity contribution < 1.29 is 33.9 Å². The zero-order chi connectivity index (χ0) is 24.1. The van der Waals surface area contributed by atoms with Crippen LogP contribution in [-0.2, 0) is 4.74 Å². The molecule has 1 aliphatic heterocycles. The zero-order valence-electron chi connectivity index (χ0n) is 17.5. The molecule has 0 aliphatic carbocycles. The Balaban J connectivity index is 1.60. The van der Waals surface area contributed by atoms with E-state index in [-0.39, 0.29) is 10.8 Å². The molecule has 4 aromatic rings. The van der Waals surface area contributed by atoms with Crippen LogP contribution in [0.2, 0.25) is 5.02 Å². The molecule has 6 nitrogen and oxygen atoms in total. The Morgan fingerprint density at radius 3 is 2.41 bits per heavy atom. The highest BCUT2D eigenvalue weighted by Crippen LogP contribution is 2.42. The van der Waals surface area contributed by atoms with Crippen molar-refractivity contribution >= 4 is 45.0 Å². The average molecular weight is 508 g/mol. The highest BCUT2D eigenvalue weighted by molar-refractivity contribution is 7.99. The van der Waals surface area contributed by atoms with E-state index in [0.29, 0.717) is 15.8 Å². The summed E-state index contributed by atoms with van der Waals surface area (Å²) >= 11 is 7.68. The number of nitrogens with zero attached hydrogens (tertiary/aromatic N) is 1. The molecule has 4 N–H and O–H groups in total. The molecule has 5 rings (SSSR count). The summed E-state index contributed by atoms with van der Waals surface area (Å²) < 4.78 is 35.0. The Hall–Kier alpha value is -2.24. The number of benzene rings is 3. The predicted octanol–water partition coefficient (Wildman–Crippen LogP) is 3.85. The lowest BCUT2D eigenvalue weighted by molar-refractivity contribution is -0.250. The van der Waals surface area contributed by atoms with Gasteiger partial charge in [0, 0.05) is 21.4 Å². The molecule has 0 saturated carbocycles. The molecule has 1 fully saturated rings. The lowest BCUT2D eigenvalue weighted by Gasteiger charge is -2.40. The summed E-state index contributed by atoms with van der Waals surface area (Å²) in [6.07, 6.45) is -5.33. The van der Waals surface area contributed by atoms with E-state index in [1.165, 1.54) is 34.5 Å². The summed E-state index contributed by atoms with van der Waals surface area (Å²) in [4.78, 5) is 1.39. The summed E-state index contributed by atoms with van der Waals surface area (Å²) in [5.74, 6) is -0.888. The summed E-state index contributed by atoms with van der Waals surface area (Å²) in [6.45, 7) is -0.581. The van der Waals surface area contributed by atoms with E-state index in [2.05, 4.69) is 0 Å². The van der Waals surface area contributed by atoms with Crippen LogP contribution in [0.25, 0.3) is 21.7 Å². The molecule has 0 amide bonds. The van der Waals surface area contributed by atoms with Gasteiger partial charge in [-0.25, -0.2) is 8.78 Å². The molecule has 0 radical (unpaired) electrons. The maximum Gasteiger partial charge on any atom is 0.163 e. The van der Waals surface area contributed by atoms with Crippen molar-refractivity contribution in [3.8, 4) is 0 Å². The van der Waals surface area contributed by atoms with Crippen LogP contribution in [0.4, 0.5) is 8.78 Å². The zero-order valence-corrected chi connectivity index (χ0v) is 19.0. The van der Waals surface area contributed by atoms with Gasteiger partial charge in [-0.2, -0.15) is 0 Å². The Labute approximate surface area is 202 Å². The van der Waals surface area contributed by atoms with E-state index in [4.69, 9.17) is 16.3 Å². The monoisotopic (exact) mass is 507 g/mol. The van der Waals surface area contributed by atoms with Crippen LogP contribution in [-0.4, -0.2) is 56.0 Å². The van der Waals surface area contributed by atoms with Gasteiger partial charge in [0.05, 0.1) is 17.1 Å². The Morgan fingerprint density at radius 1 is 0.912 bits per heavy atom. The van der Waals surface area contributed by atoms with Gasteiger partial charge in [0.15, 0.2) is 6.23 Å². The lowest BCUT2D eigenvalue weighted by atomic mass is 9.98. The fourth-order valence-corrected chi connectivity index (χ4v) is 5.57. The molecule has 10 heteroatoms. The van der Waals surface area contributed by atoms with E-state index in [1.54, 1.807) is 18.3 Å². The summed E-state index contributed by atoms with van der Waals surface area (Å²) in [5, 5.41) is 42.6. The van der Waals surface area contributed by atoms with Gasteiger partial charge < -0.3 is 29.7 Å². The van der Waals surface area contributed by atoms with Crippen LogP contribution < -0.4 is 0 Å². The number of rotatable bonds is 4. The van der Waals surface area contributed by atoms with Crippen molar-refractivity contribution in [2.24, 2.45) is 0 Å². The third-order valence-electron chi connectivity index (χ3n) is 5.95. The van der Waals surface area contributed by atoms with Gasteiger partial charge in [0.25, 0.3) is 0 Å².